The average Bonchev–Trinajstić information content (AvgIpc) is 3.28. The maximum absolute atomic E-state index is 5.26. The smallest absolute Gasteiger partial charge is 0.211 e. The van der Waals surface area contributed by atoms with Gasteiger partial charge in [0.1, 0.15) is 10.8 Å². The van der Waals surface area contributed by atoms with E-state index in [1.54, 1.807) is 11.8 Å². The maximum atomic E-state index is 5.26. The Hall–Kier alpha value is -2.91. The number of fused-ring (bicyclic) bond motifs is 1. The molecule has 9 heteroatoms. The van der Waals surface area contributed by atoms with Gasteiger partial charge in [-0.15, -0.1) is 10.2 Å². The van der Waals surface area contributed by atoms with E-state index < -0.39 is 0 Å². The zero-order chi connectivity index (χ0) is 19.7. The van der Waals surface area contributed by atoms with Crippen LogP contribution in [0.2, 0.25) is 0 Å². The van der Waals surface area contributed by atoms with E-state index in [1.807, 2.05) is 37.6 Å². The number of hydrogen-bond donors (Lipinski definition) is 1. The van der Waals surface area contributed by atoms with E-state index in [1.165, 1.54) is 11.3 Å². The second-order valence-electron chi connectivity index (χ2n) is 6.78. The third kappa shape index (κ3) is 3.71. The van der Waals surface area contributed by atoms with Gasteiger partial charge in [-0.1, -0.05) is 25.2 Å². The number of aryl methyl sites for hydroxylation is 1. The Balaban J connectivity index is 1.67. The Bertz CT molecular complexity index is 1120. The van der Waals surface area contributed by atoms with Crippen molar-refractivity contribution in [1.29, 1.82) is 0 Å². The highest BCUT2D eigenvalue weighted by atomic mass is 32.1. The quantitative estimate of drug-likeness (QED) is 0.529. The summed E-state index contributed by atoms with van der Waals surface area (Å²) in [6.45, 7) is 4.64. The van der Waals surface area contributed by atoms with E-state index in [0.29, 0.717) is 18.3 Å². The molecule has 0 aliphatic rings. The predicted molar refractivity (Wildman–Crippen MR) is 110 cm³/mol. The Kier molecular flexibility index (Phi) is 5.01. The maximum Gasteiger partial charge on any atom is 0.211 e. The molecule has 4 heterocycles. The molecule has 0 aliphatic carbocycles. The van der Waals surface area contributed by atoms with Gasteiger partial charge in [-0.3, -0.25) is 9.67 Å². The molecule has 28 heavy (non-hydrogen) atoms. The fourth-order valence-electron chi connectivity index (χ4n) is 2.87. The summed E-state index contributed by atoms with van der Waals surface area (Å²) in [7, 11) is 3.56. The number of anilines is 2. The summed E-state index contributed by atoms with van der Waals surface area (Å²) in [5.41, 5.74) is 4.44. The molecule has 0 unspecified atom stereocenters. The van der Waals surface area contributed by atoms with Crippen LogP contribution in [0.4, 0.5) is 10.9 Å². The lowest BCUT2D eigenvalue weighted by atomic mass is 10.1. The first-order valence-corrected chi connectivity index (χ1v) is 9.74. The van der Waals surface area contributed by atoms with Gasteiger partial charge >= 0.3 is 0 Å². The SMILES string of the molecule is COCc1nn(C)cc1-c1cnc2ccc(Nc3nnc(C(C)C)s3)nc2c1. The summed E-state index contributed by atoms with van der Waals surface area (Å²) in [5.74, 6) is 1.06. The normalized spacial score (nSPS) is 11.5. The highest BCUT2D eigenvalue weighted by Crippen LogP contribution is 2.28. The zero-order valence-corrected chi connectivity index (χ0v) is 17.0. The van der Waals surface area contributed by atoms with Crippen molar-refractivity contribution in [3.05, 3.63) is 41.3 Å². The number of methoxy groups -OCH3 is 1. The Morgan fingerprint density at radius 1 is 1.21 bits per heavy atom. The number of aromatic nitrogens is 6. The van der Waals surface area contributed by atoms with Crippen molar-refractivity contribution in [2.24, 2.45) is 7.05 Å². The molecule has 4 aromatic rings. The minimum atomic E-state index is 0.352. The van der Waals surface area contributed by atoms with Crippen molar-refractivity contribution < 1.29 is 4.74 Å². The first kappa shape index (κ1) is 18.5. The van der Waals surface area contributed by atoms with Crippen molar-refractivity contribution in [2.45, 2.75) is 26.4 Å². The molecule has 0 bridgehead atoms. The molecule has 0 fully saturated rings. The lowest BCUT2D eigenvalue weighted by molar-refractivity contribution is 0.181. The van der Waals surface area contributed by atoms with Gasteiger partial charge in [-0.05, 0) is 18.2 Å². The molecule has 0 amide bonds. The van der Waals surface area contributed by atoms with Crippen LogP contribution in [-0.2, 0) is 18.4 Å². The third-order valence-corrected chi connectivity index (χ3v) is 5.34. The lowest BCUT2D eigenvalue weighted by Gasteiger charge is -2.06. The second kappa shape index (κ2) is 7.61. The van der Waals surface area contributed by atoms with E-state index >= 15 is 0 Å². The van der Waals surface area contributed by atoms with Crippen molar-refractivity contribution >= 4 is 33.3 Å². The van der Waals surface area contributed by atoms with Gasteiger partial charge in [-0.25, -0.2) is 4.98 Å². The molecule has 0 atom stereocenters. The highest BCUT2D eigenvalue weighted by molar-refractivity contribution is 7.15. The summed E-state index contributed by atoms with van der Waals surface area (Å²) < 4.78 is 7.04. The van der Waals surface area contributed by atoms with Crippen LogP contribution < -0.4 is 5.32 Å². The number of pyridine rings is 2. The van der Waals surface area contributed by atoms with Crippen LogP contribution in [0.15, 0.2) is 30.6 Å². The van der Waals surface area contributed by atoms with Crippen LogP contribution in [0.25, 0.3) is 22.2 Å². The topological polar surface area (TPSA) is 90.6 Å². The largest absolute Gasteiger partial charge is 0.378 e. The first-order chi connectivity index (χ1) is 13.5. The zero-order valence-electron chi connectivity index (χ0n) is 16.2. The standard InChI is InChI=1S/C19H21N7OS/c1-11(2)18-23-24-19(28-18)22-17-6-5-14-15(21-17)7-12(8-20-14)13-9-26(3)25-16(13)10-27-4/h5-9,11H,10H2,1-4H3,(H,21,22,24). The van der Waals surface area contributed by atoms with Gasteiger partial charge < -0.3 is 10.1 Å². The molecule has 4 rings (SSSR count). The fraction of sp³-hybridized carbons (Fsp3) is 0.316. The summed E-state index contributed by atoms with van der Waals surface area (Å²) in [5, 5.41) is 17.8. The number of ether oxygens (including phenoxy) is 1. The van der Waals surface area contributed by atoms with Gasteiger partial charge in [-0.2, -0.15) is 5.10 Å². The van der Waals surface area contributed by atoms with Crippen LogP contribution in [0, 0.1) is 0 Å². The van der Waals surface area contributed by atoms with Crippen molar-refractivity contribution in [2.75, 3.05) is 12.4 Å². The molecule has 0 saturated heterocycles. The molecule has 0 spiro atoms. The van der Waals surface area contributed by atoms with Gasteiger partial charge in [0.05, 0.1) is 23.3 Å². The number of rotatable bonds is 6. The molecular formula is C19H21N7OS. The Morgan fingerprint density at radius 3 is 2.82 bits per heavy atom. The number of hydrogen-bond acceptors (Lipinski definition) is 8. The summed E-state index contributed by atoms with van der Waals surface area (Å²) >= 11 is 1.54. The van der Waals surface area contributed by atoms with Gasteiger partial charge in [0.25, 0.3) is 0 Å². The van der Waals surface area contributed by atoms with E-state index in [4.69, 9.17) is 9.72 Å². The van der Waals surface area contributed by atoms with Gasteiger partial charge in [0.15, 0.2) is 0 Å². The predicted octanol–water partition coefficient (Wildman–Crippen LogP) is 3.90. The van der Waals surface area contributed by atoms with Crippen LogP contribution in [0.1, 0.15) is 30.5 Å². The lowest BCUT2D eigenvalue weighted by Crippen LogP contribution is -1.95. The summed E-state index contributed by atoms with van der Waals surface area (Å²) in [4.78, 5) is 9.25. The van der Waals surface area contributed by atoms with Crippen LogP contribution >= 0.6 is 11.3 Å². The van der Waals surface area contributed by atoms with Gasteiger partial charge in [0.2, 0.25) is 5.13 Å². The van der Waals surface area contributed by atoms with Crippen molar-refractivity contribution in [3.63, 3.8) is 0 Å². The molecule has 0 radical (unpaired) electrons. The molecule has 0 saturated carbocycles. The Morgan fingerprint density at radius 2 is 2.07 bits per heavy atom. The van der Waals surface area contributed by atoms with E-state index in [2.05, 4.69) is 39.4 Å². The minimum absolute atomic E-state index is 0.352. The van der Waals surface area contributed by atoms with E-state index in [0.717, 1.165) is 38.0 Å². The fourth-order valence-corrected chi connectivity index (χ4v) is 3.62. The molecule has 0 aromatic carbocycles. The highest BCUT2D eigenvalue weighted by Gasteiger charge is 2.12. The van der Waals surface area contributed by atoms with Crippen LogP contribution in [0.3, 0.4) is 0 Å². The molecule has 144 valence electrons. The summed E-state index contributed by atoms with van der Waals surface area (Å²) in [6.07, 6.45) is 3.81. The van der Waals surface area contributed by atoms with Crippen LogP contribution in [0.5, 0.6) is 0 Å². The molecule has 0 aliphatic heterocycles. The van der Waals surface area contributed by atoms with E-state index in [-0.39, 0.29) is 0 Å². The molecule has 4 aromatic heterocycles. The Labute approximate surface area is 166 Å². The van der Waals surface area contributed by atoms with Crippen molar-refractivity contribution in [3.8, 4) is 11.1 Å². The molecular weight excluding hydrogens is 374 g/mol. The minimum Gasteiger partial charge on any atom is -0.378 e. The van der Waals surface area contributed by atoms with Crippen molar-refractivity contribution in [1.82, 2.24) is 29.9 Å². The van der Waals surface area contributed by atoms with Crippen LogP contribution in [-0.4, -0.2) is 37.1 Å². The third-order valence-electron chi connectivity index (χ3n) is 4.20. The second-order valence-corrected chi connectivity index (χ2v) is 7.79. The first-order valence-electron chi connectivity index (χ1n) is 8.92. The summed E-state index contributed by atoms with van der Waals surface area (Å²) in [6, 6.07) is 5.85. The van der Waals surface area contributed by atoms with Gasteiger partial charge in [0, 0.05) is 43.6 Å². The average molecular weight is 395 g/mol. The number of nitrogens with one attached hydrogen (secondary N) is 1. The van der Waals surface area contributed by atoms with E-state index in [9.17, 15) is 0 Å². The number of nitrogens with zero attached hydrogens (tertiary/aromatic N) is 6. The molecule has 1 N–H and O–H groups in total. The molecule has 8 nitrogen and oxygen atoms in total. The monoisotopic (exact) mass is 395 g/mol.